The summed E-state index contributed by atoms with van der Waals surface area (Å²) in [5.74, 6) is 0. The number of nitrogens with zero attached hydrogens (tertiary/aromatic N) is 1. The zero-order valence-corrected chi connectivity index (χ0v) is 9.76. The highest BCUT2D eigenvalue weighted by Gasteiger charge is 1.97. The predicted octanol–water partition coefficient (Wildman–Crippen LogP) is 2.51. The quantitative estimate of drug-likeness (QED) is 0.819. The second kappa shape index (κ2) is 5.14. The van der Waals surface area contributed by atoms with E-state index in [9.17, 15) is 0 Å². The van der Waals surface area contributed by atoms with E-state index in [1.54, 1.807) is 0 Å². The van der Waals surface area contributed by atoms with Crippen molar-refractivity contribution in [2.75, 3.05) is 7.05 Å². The van der Waals surface area contributed by atoms with Gasteiger partial charge in [0.2, 0.25) is 0 Å². The molecule has 2 heterocycles. The number of nitrogens with one attached hydrogen (secondary N) is 1. The molecule has 0 fully saturated rings. The number of hydrogen-bond donors (Lipinski definition) is 1. The standard InChI is InChI=1S/C12H16N2S/c1-13-9-11-4-6-14(10-11)7-5-12-3-2-8-15-12/h2-4,6,8,10,13H,5,7,9H2,1H3. The molecule has 2 aromatic rings. The van der Waals surface area contributed by atoms with Crippen LogP contribution in [0.1, 0.15) is 10.4 Å². The minimum atomic E-state index is 0.950. The van der Waals surface area contributed by atoms with Crippen LogP contribution in [0.15, 0.2) is 36.0 Å². The van der Waals surface area contributed by atoms with Gasteiger partial charge in [-0.2, -0.15) is 0 Å². The van der Waals surface area contributed by atoms with Gasteiger partial charge in [0.1, 0.15) is 0 Å². The van der Waals surface area contributed by atoms with Gasteiger partial charge in [0.05, 0.1) is 0 Å². The average molecular weight is 220 g/mol. The molecule has 0 bridgehead atoms. The van der Waals surface area contributed by atoms with Crippen LogP contribution in [0.3, 0.4) is 0 Å². The molecule has 80 valence electrons. The van der Waals surface area contributed by atoms with E-state index in [-0.39, 0.29) is 0 Å². The Morgan fingerprint density at radius 3 is 3.07 bits per heavy atom. The molecule has 0 aliphatic heterocycles. The maximum atomic E-state index is 3.16. The lowest BCUT2D eigenvalue weighted by atomic mass is 10.3. The van der Waals surface area contributed by atoms with E-state index in [1.807, 2.05) is 18.4 Å². The SMILES string of the molecule is CNCc1ccn(CCc2cccs2)c1. The summed E-state index contributed by atoms with van der Waals surface area (Å²) >= 11 is 1.83. The first-order valence-electron chi connectivity index (χ1n) is 5.20. The molecule has 0 radical (unpaired) electrons. The highest BCUT2D eigenvalue weighted by atomic mass is 32.1. The second-order valence-corrected chi connectivity index (χ2v) is 4.65. The minimum Gasteiger partial charge on any atom is -0.354 e. The predicted molar refractivity (Wildman–Crippen MR) is 65.2 cm³/mol. The van der Waals surface area contributed by atoms with E-state index >= 15 is 0 Å². The smallest absolute Gasteiger partial charge is 0.0268 e. The Bertz CT molecular complexity index is 389. The van der Waals surface area contributed by atoms with E-state index in [1.165, 1.54) is 10.4 Å². The minimum absolute atomic E-state index is 0.950. The molecular formula is C12H16N2S. The molecule has 1 N–H and O–H groups in total. The van der Waals surface area contributed by atoms with Crippen LogP contribution in [0.2, 0.25) is 0 Å². The molecule has 0 saturated heterocycles. The molecule has 0 aromatic carbocycles. The van der Waals surface area contributed by atoms with Crippen molar-refractivity contribution in [3.63, 3.8) is 0 Å². The van der Waals surface area contributed by atoms with Gasteiger partial charge in [0.15, 0.2) is 0 Å². The molecule has 2 nitrogen and oxygen atoms in total. The number of rotatable bonds is 5. The topological polar surface area (TPSA) is 17.0 Å². The second-order valence-electron chi connectivity index (χ2n) is 3.62. The molecule has 0 saturated carbocycles. The van der Waals surface area contributed by atoms with Gasteiger partial charge in [-0.25, -0.2) is 0 Å². The molecule has 0 atom stereocenters. The normalized spacial score (nSPS) is 10.7. The lowest BCUT2D eigenvalue weighted by Crippen LogP contribution is -2.04. The van der Waals surface area contributed by atoms with Crippen molar-refractivity contribution < 1.29 is 0 Å². The Morgan fingerprint density at radius 1 is 1.40 bits per heavy atom. The Balaban J connectivity index is 1.88. The van der Waals surface area contributed by atoms with Crippen LogP contribution in [0.5, 0.6) is 0 Å². The van der Waals surface area contributed by atoms with Crippen molar-refractivity contribution >= 4 is 11.3 Å². The molecular weight excluding hydrogens is 204 g/mol. The monoisotopic (exact) mass is 220 g/mol. The lowest BCUT2D eigenvalue weighted by Gasteiger charge is -2.00. The third kappa shape index (κ3) is 2.94. The van der Waals surface area contributed by atoms with Crippen molar-refractivity contribution in [3.8, 4) is 0 Å². The van der Waals surface area contributed by atoms with Crippen LogP contribution >= 0.6 is 11.3 Å². The van der Waals surface area contributed by atoms with Gasteiger partial charge in [-0.15, -0.1) is 11.3 Å². The maximum Gasteiger partial charge on any atom is 0.0268 e. The summed E-state index contributed by atoms with van der Waals surface area (Å²) in [6.07, 6.45) is 5.50. The van der Waals surface area contributed by atoms with Gasteiger partial charge < -0.3 is 9.88 Å². The van der Waals surface area contributed by atoms with E-state index in [2.05, 4.69) is 45.9 Å². The van der Waals surface area contributed by atoms with Crippen molar-refractivity contribution in [2.45, 2.75) is 19.5 Å². The number of aryl methyl sites for hydroxylation is 2. The zero-order chi connectivity index (χ0) is 10.5. The molecule has 2 aromatic heterocycles. The summed E-state index contributed by atoms with van der Waals surface area (Å²) in [6.45, 7) is 2.02. The molecule has 0 aliphatic carbocycles. The molecule has 2 rings (SSSR count). The van der Waals surface area contributed by atoms with E-state index in [0.717, 1.165) is 19.5 Å². The average Bonchev–Trinajstić information content (AvgIpc) is 2.85. The molecule has 0 aliphatic rings. The van der Waals surface area contributed by atoms with Gasteiger partial charge >= 0.3 is 0 Å². The summed E-state index contributed by atoms with van der Waals surface area (Å²) < 4.78 is 2.26. The number of aromatic nitrogens is 1. The Kier molecular flexibility index (Phi) is 3.59. The third-order valence-electron chi connectivity index (χ3n) is 2.39. The largest absolute Gasteiger partial charge is 0.354 e. The van der Waals surface area contributed by atoms with Crippen LogP contribution in [0.4, 0.5) is 0 Å². The first kappa shape index (κ1) is 10.5. The summed E-state index contributed by atoms with van der Waals surface area (Å²) in [5, 5.41) is 5.29. The molecule has 0 unspecified atom stereocenters. The van der Waals surface area contributed by atoms with Crippen LogP contribution in [-0.4, -0.2) is 11.6 Å². The summed E-state index contributed by atoms with van der Waals surface area (Å²) in [5.41, 5.74) is 1.35. The fraction of sp³-hybridized carbons (Fsp3) is 0.333. The highest BCUT2D eigenvalue weighted by molar-refractivity contribution is 7.09. The van der Waals surface area contributed by atoms with Gasteiger partial charge in [-0.3, -0.25) is 0 Å². The van der Waals surface area contributed by atoms with Crippen molar-refractivity contribution in [1.82, 2.24) is 9.88 Å². The number of hydrogen-bond acceptors (Lipinski definition) is 2. The molecule has 0 amide bonds. The summed E-state index contributed by atoms with van der Waals surface area (Å²) in [4.78, 5) is 1.46. The Morgan fingerprint density at radius 2 is 2.33 bits per heavy atom. The number of thiophene rings is 1. The van der Waals surface area contributed by atoms with Crippen molar-refractivity contribution in [3.05, 3.63) is 46.4 Å². The first-order valence-corrected chi connectivity index (χ1v) is 6.08. The molecule has 0 spiro atoms. The van der Waals surface area contributed by atoms with Gasteiger partial charge in [0.25, 0.3) is 0 Å². The van der Waals surface area contributed by atoms with Crippen LogP contribution in [0.25, 0.3) is 0 Å². The maximum absolute atomic E-state index is 3.16. The highest BCUT2D eigenvalue weighted by Crippen LogP contribution is 2.10. The van der Waals surface area contributed by atoms with Gasteiger partial charge in [-0.05, 0) is 36.5 Å². The summed E-state index contributed by atoms with van der Waals surface area (Å²) in [6, 6.07) is 6.48. The molecule has 15 heavy (non-hydrogen) atoms. The Labute approximate surface area is 94.6 Å². The van der Waals surface area contributed by atoms with Crippen LogP contribution in [-0.2, 0) is 19.5 Å². The van der Waals surface area contributed by atoms with E-state index < -0.39 is 0 Å². The zero-order valence-electron chi connectivity index (χ0n) is 8.94. The fourth-order valence-electron chi connectivity index (χ4n) is 1.63. The first-order chi connectivity index (χ1) is 7.38. The van der Waals surface area contributed by atoms with E-state index in [0.29, 0.717) is 0 Å². The Hall–Kier alpha value is -1.06. The van der Waals surface area contributed by atoms with Crippen molar-refractivity contribution in [1.29, 1.82) is 0 Å². The fourth-order valence-corrected chi connectivity index (χ4v) is 2.33. The van der Waals surface area contributed by atoms with Crippen LogP contribution in [0, 0.1) is 0 Å². The van der Waals surface area contributed by atoms with Gasteiger partial charge in [-0.1, -0.05) is 6.07 Å². The van der Waals surface area contributed by atoms with Crippen LogP contribution < -0.4 is 5.32 Å². The summed E-state index contributed by atoms with van der Waals surface area (Å²) in [7, 11) is 1.98. The lowest BCUT2D eigenvalue weighted by molar-refractivity contribution is 0.701. The third-order valence-corrected chi connectivity index (χ3v) is 3.33. The van der Waals surface area contributed by atoms with E-state index in [4.69, 9.17) is 0 Å². The molecule has 3 heteroatoms. The van der Waals surface area contributed by atoms with Gasteiger partial charge in [0, 0.05) is 30.4 Å². The van der Waals surface area contributed by atoms with Crippen molar-refractivity contribution in [2.24, 2.45) is 0 Å².